The third-order valence-electron chi connectivity index (χ3n) is 1.92. The van der Waals surface area contributed by atoms with Crippen LogP contribution in [-0.2, 0) is 10.2 Å². The molecule has 6 nitrogen and oxygen atoms in total. The van der Waals surface area contributed by atoms with Crippen molar-refractivity contribution in [2.24, 2.45) is 5.73 Å². The molecule has 5 N–H and O–H groups in total. The van der Waals surface area contributed by atoms with E-state index in [0.29, 0.717) is 0 Å². The number of rotatable bonds is 5. The van der Waals surface area contributed by atoms with E-state index in [1.54, 1.807) is 13.8 Å². The molecule has 0 fully saturated rings. The monoisotopic (exact) mass is 274 g/mol. The summed E-state index contributed by atoms with van der Waals surface area (Å²) in [5.41, 5.74) is 5.18. The number of nitrogens with one attached hydrogen (secondary N) is 3. The Morgan fingerprint density at radius 3 is 2.50 bits per heavy atom. The van der Waals surface area contributed by atoms with Crippen LogP contribution in [0.3, 0.4) is 0 Å². The van der Waals surface area contributed by atoms with E-state index in [9.17, 15) is 12.8 Å². The normalized spacial score (nSPS) is 11.6. The Morgan fingerprint density at radius 1 is 1.44 bits per heavy atom. The van der Waals surface area contributed by atoms with E-state index in [2.05, 4.69) is 9.44 Å². The SMILES string of the molecule is CC(C)NS(=O)(=O)Nc1ccc(C(=N)N)cc1F. The van der Waals surface area contributed by atoms with Crippen molar-refractivity contribution in [3.63, 3.8) is 0 Å². The van der Waals surface area contributed by atoms with Gasteiger partial charge in [-0.1, -0.05) is 0 Å². The van der Waals surface area contributed by atoms with Gasteiger partial charge in [0.2, 0.25) is 0 Å². The minimum Gasteiger partial charge on any atom is -0.384 e. The minimum atomic E-state index is -3.81. The van der Waals surface area contributed by atoms with Crippen LogP contribution in [0.1, 0.15) is 19.4 Å². The molecule has 0 aliphatic rings. The van der Waals surface area contributed by atoms with Gasteiger partial charge in [0.1, 0.15) is 11.7 Å². The summed E-state index contributed by atoms with van der Waals surface area (Å²) >= 11 is 0. The van der Waals surface area contributed by atoms with Crippen LogP contribution in [-0.4, -0.2) is 20.3 Å². The standard InChI is InChI=1S/C10H15FN4O2S/c1-6(2)14-18(16,17)15-9-4-3-7(10(12)13)5-8(9)11/h3-6,14-15H,1-2H3,(H3,12,13). The fourth-order valence-electron chi connectivity index (χ4n) is 1.25. The molecule has 1 aromatic rings. The molecule has 1 aromatic carbocycles. The Labute approximate surface area is 105 Å². The highest BCUT2D eigenvalue weighted by atomic mass is 32.2. The van der Waals surface area contributed by atoms with E-state index in [1.807, 2.05) is 0 Å². The lowest BCUT2D eigenvalue weighted by atomic mass is 10.2. The predicted octanol–water partition coefficient (Wildman–Crippen LogP) is 0.764. The molecular formula is C10H15FN4O2S. The highest BCUT2D eigenvalue weighted by Crippen LogP contribution is 2.16. The van der Waals surface area contributed by atoms with Crippen molar-refractivity contribution in [3.8, 4) is 0 Å². The van der Waals surface area contributed by atoms with Gasteiger partial charge in [-0.05, 0) is 32.0 Å². The Hall–Kier alpha value is -1.67. The second kappa shape index (κ2) is 5.32. The van der Waals surface area contributed by atoms with E-state index in [4.69, 9.17) is 11.1 Å². The number of hydrogen-bond donors (Lipinski definition) is 4. The first kappa shape index (κ1) is 14.4. The van der Waals surface area contributed by atoms with Crippen LogP contribution in [0.2, 0.25) is 0 Å². The summed E-state index contributed by atoms with van der Waals surface area (Å²) in [6.45, 7) is 3.29. The summed E-state index contributed by atoms with van der Waals surface area (Å²) in [7, 11) is -3.81. The van der Waals surface area contributed by atoms with Crippen molar-refractivity contribution in [2.45, 2.75) is 19.9 Å². The second-order valence-corrected chi connectivity index (χ2v) is 5.43. The van der Waals surface area contributed by atoms with Crippen molar-refractivity contribution < 1.29 is 12.8 Å². The molecule has 0 saturated heterocycles. The maximum Gasteiger partial charge on any atom is 0.299 e. The fourth-order valence-corrected chi connectivity index (χ4v) is 2.38. The summed E-state index contributed by atoms with van der Waals surface area (Å²) in [5, 5.41) is 7.13. The van der Waals surface area contributed by atoms with Gasteiger partial charge in [0.25, 0.3) is 10.2 Å². The van der Waals surface area contributed by atoms with Gasteiger partial charge in [-0.2, -0.15) is 13.1 Å². The number of nitrogen functional groups attached to an aromatic ring is 1. The zero-order valence-corrected chi connectivity index (χ0v) is 10.8. The second-order valence-electron chi connectivity index (χ2n) is 3.99. The van der Waals surface area contributed by atoms with Gasteiger partial charge < -0.3 is 5.73 Å². The van der Waals surface area contributed by atoms with Crippen LogP contribution in [0.5, 0.6) is 0 Å². The quantitative estimate of drug-likeness (QED) is 0.470. The van der Waals surface area contributed by atoms with E-state index in [0.717, 1.165) is 6.07 Å². The van der Waals surface area contributed by atoms with E-state index in [-0.39, 0.29) is 23.1 Å². The first-order valence-corrected chi connectivity index (χ1v) is 6.63. The van der Waals surface area contributed by atoms with Crippen molar-refractivity contribution in [3.05, 3.63) is 29.6 Å². The van der Waals surface area contributed by atoms with Crippen molar-refractivity contribution >= 4 is 21.7 Å². The third-order valence-corrected chi connectivity index (χ3v) is 3.19. The van der Waals surface area contributed by atoms with Crippen LogP contribution >= 0.6 is 0 Å². The number of benzene rings is 1. The molecule has 0 amide bonds. The Bertz CT molecular complexity index is 557. The molecule has 1 rings (SSSR count). The highest BCUT2D eigenvalue weighted by molar-refractivity contribution is 7.90. The van der Waals surface area contributed by atoms with E-state index >= 15 is 0 Å². The average Bonchev–Trinajstić information content (AvgIpc) is 2.18. The molecule has 8 heteroatoms. The summed E-state index contributed by atoms with van der Waals surface area (Å²) in [4.78, 5) is 0. The van der Waals surface area contributed by atoms with Gasteiger partial charge in [-0.15, -0.1) is 0 Å². The molecule has 100 valence electrons. The summed E-state index contributed by atoms with van der Waals surface area (Å²) in [6.07, 6.45) is 0. The predicted molar refractivity (Wildman–Crippen MR) is 68.2 cm³/mol. The molecule has 0 bridgehead atoms. The van der Waals surface area contributed by atoms with Crippen LogP contribution in [0, 0.1) is 11.2 Å². The Morgan fingerprint density at radius 2 is 2.06 bits per heavy atom. The molecular weight excluding hydrogens is 259 g/mol. The number of amidine groups is 1. The van der Waals surface area contributed by atoms with Gasteiger partial charge in [-0.3, -0.25) is 10.1 Å². The van der Waals surface area contributed by atoms with Crippen molar-refractivity contribution in [2.75, 3.05) is 4.72 Å². The molecule has 0 spiro atoms. The maximum absolute atomic E-state index is 13.6. The topological polar surface area (TPSA) is 108 Å². The number of nitrogens with two attached hydrogens (primary N) is 1. The largest absolute Gasteiger partial charge is 0.384 e. The molecule has 0 heterocycles. The number of hydrogen-bond acceptors (Lipinski definition) is 3. The zero-order valence-electron chi connectivity index (χ0n) is 9.99. The smallest absolute Gasteiger partial charge is 0.299 e. The number of anilines is 1. The molecule has 18 heavy (non-hydrogen) atoms. The molecule has 0 aliphatic heterocycles. The first-order valence-electron chi connectivity index (χ1n) is 5.15. The Balaban J connectivity index is 2.96. The summed E-state index contributed by atoms with van der Waals surface area (Å²) in [5.74, 6) is -1.08. The molecule has 0 radical (unpaired) electrons. The minimum absolute atomic E-state index is 0.187. The summed E-state index contributed by atoms with van der Waals surface area (Å²) < 4.78 is 40.9. The van der Waals surface area contributed by atoms with Crippen LogP contribution in [0.25, 0.3) is 0 Å². The molecule has 0 aromatic heterocycles. The highest BCUT2D eigenvalue weighted by Gasteiger charge is 2.14. The first-order chi connectivity index (χ1) is 8.21. The molecule has 0 atom stereocenters. The fraction of sp³-hybridized carbons (Fsp3) is 0.300. The van der Waals surface area contributed by atoms with Gasteiger partial charge in [-0.25, -0.2) is 4.39 Å². The maximum atomic E-state index is 13.6. The molecule has 0 saturated carbocycles. The van der Waals surface area contributed by atoms with Gasteiger partial charge in [0.05, 0.1) is 5.69 Å². The third kappa shape index (κ3) is 3.97. The van der Waals surface area contributed by atoms with Crippen LogP contribution < -0.4 is 15.2 Å². The number of halogens is 1. The zero-order chi connectivity index (χ0) is 13.9. The molecule has 0 unspecified atom stereocenters. The van der Waals surface area contributed by atoms with E-state index in [1.165, 1.54) is 12.1 Å². The lowest BCUT2D eigenvalue weighted by molar-refractivity contribution is 0.574. The molecule has 0 aliphatic carbocycles. The van der Waals surface area contributed by atoms with Gasteiger partial charge in [0.15, 0.2) is 0 Å². The summed E-state index contributed by atoms with van der Waals surface area (Å²) in [6, 6.07) is 3.27. The van der Waals surface area contributed by atoms with Gasteiger partial charge in [0, 0.05) is 11.6 Å². The van der Waals surface area contributed by atoms with Crippen LogP contribution in [0.4, 0.5) is 10.1 Å². The van der Waals surface area contributed by atoms with Crippen molar-refractivity contribution in [1.29, 1.82) is 5.41 Å². The lowest BCUT2D eigenvalue weighted by Crippen LogP contribution is -2.35. The Kier molecular flexibility index (Phi) is 4.25. The van der Waals surface area contributed by atoms with Crippen LogP contribution in [0.15, 0.2) is 18.2 Å². The van der Waals surface area contributed by atoms with E-state index < -0.39 is 16.0 Å². The van der Waals surface area contributed by atoms with Gasteiger partial charge >= 0.3 is 0 Å². The lowest BCUT2D eigenvalue weighted by Gasteiger charge is -2.12. The average molecular weight is 274 g/mol. The van der Waals surface area contributed by atoms with Crippen molar-refractivity contribution in [1.82, 2.24) is 4.72 Å².